The van der Waals surface area contributed by atoms with Crippen LogP contribution in [0.1, 0.15) is 24.5 Å². The van der Waals surface area contributed by atoms with Crippen LogP contribution in [0.4, 0.5) is 19.3 Å². The number of amides is 2. The van der Waals surface area contributed by atoms with Gasteiger partial charge in [0.1, 0.15) is 11.6 Å². The van der Waals surface area contributed by atoms with E-state index in [0.29, 0.717) is 31.5 Å². The van der Waals surface area contributed by atoms with E-state index in [4.69, 9.17) is 0 Å². The van der Waals surface area contributed by atoms with Crippen LogP contribution in [-0.4, -0.2) is 29.1 Å². The zero-order valence-corrected chi connectivity index (χ0v) is 13.7. The van der Waals surface area contributed by atoms with E-state index in [9.17, 15) is 18.7 Å². The van der Waals surface area contributed by atoms with E-state index in [1.54, 1.807) is 29.2 Å². The second-order valence-electron chi connectivity index (χ2n) is 6.23. The predicted octanol–water partition coefficient (Wildman–Crippen LogP) is 3.94. The van der Waals surface area contributed by atoms with Gasteiger partial charge in [-0.2, -0.15) is 0 Å². The number of piperidine rings is 1. The van der Waals surface area contributed by atoms with E-state index < -0.39 is 11.9 Å². The largest absolute Gasteiger partial charge is 0.388 e. The van der Waals surface area contributed by atoms with Crippen molar-refractivity contribution in [2.24, 2.45) is 5.92 Å². The predicted molar refractivity (Wildman–Crippen MR) is 91.1 cm³/mol. The van der Waals surface area contributed by atoms with Crippen LogP contribution in [0.5, 0.6) is 0 Å². The van der Waals surface area contributed by atoms with Crippen molar-refractivity contribution < 1.29 is 18.7 Å². The molecule has 1 atom stereocenters. The van der Waals surface area contributed by atoms with Gasteiger partial charge in [-0.3, -0.25) is 0 Å². The third-order valence-corrected chi connectivity index (χ3v) is 4.60. The summed E-state index contributed by atoms with van der Waals surface area (Å²) < 4.78 is 26.6. The molecule has 1 aliphatic rings. The molecule has 0 aliphatic carbocycles. The Bertz CT molecular complexity index is 728. The number of benzene rings is 2. The SMILES string of the molecule is O=C(Nc1ccccc1F)N1CCC(C(O)c2ccc(F)cc2)CC1. The number of hydrogen-bond acceptors (Lipinski definition) is 2. The summed E-state index contributed by atoms with van der Waals surface area (Å²) in [4.78, 5) is 13.9. The van der Waals surface area contributed by atoms with Gasteiger partial charge >= 0.3 is 6.03 Å². The van der Waals surface area contributed by atoms with E-state index in [-0.39, 0.29) is 23.5 Å². The number of hydrogen-bond donors (Lipinski definition) is 2. The summed E-state index contributed by atoms with van der Waals surface area (Å²) in [6.45, 7) is 0.951. The maximum atomic E-state index is 13.6. The smallest absolute Gasteiger partial charge is 0.321 e. The third kappa shape index (κ3) is 4.14. The Morgan fingerprint density at radius 1 is 1.08 bits per heavy atom. The molecule has 1 unspecified atom stereocenters. The fraction of sp³-hybridized carbons (Fsp3) is 0.316. The van der Waals surface area contributed by atoms with E-state index in [1.165, 1.54) is 24.3 Å². The lowest BCUT2D eigenvalue weighted by Gasteiger charge is -2.34. The molecule has 132 valence electrons. The van der Waals surface area contributed by atoms with Crippen molar-refractivity contribution in [1.82, 2.24) is 4.90 Å². The molecule has 0 aromatic heterocycles. The highest BCUT2D eigenvalue weighted by Crippen LogP contribution is 2.31. The molecule has 4 nitrogen and oxygen atoms in total. The van der Waals surface area contributed by atoms with Crippen LogP contribution < -0.4 is 5.32 Å². The molecule has 1 heterocycles. The number of carbonyl (C=O) groups is 1. The summed E-state index contributed by atoms with van der Waals surface area (Å²) in [7, 11) is 0. The Balaban J connectivity index is 1.55. The first kappa shape index (κ1) is 17.4. The molecule has 25 heavy (non-hydrogen) atoms. The monoisotopic (exact) mass is 346 g/mol. The van der Waals surface area contributed by atoms with Crippen molar-refractivity contribution in [3.63, 3.8) is 0 Å². The van der Waals surface area contributed by atoms with Crippen LogP contribution in [0.25, 0.3) is 0 Å². The number of nitrogens with one attached hydrogen (secondary N) is 1. The molecule has 2 aromatic carbocycles. The van der Waals surface area contributed by atoms with E-state index in [0.717, 1.165) is 0 Å². The summed E-state index contributed by atoms with van der Waals surface area (Å²) in [5, 5.41) is 13.0. The maximum absolute atomic E-state index is 13.6. The molecular formula is C19H20F2N2O2. The molecule has 2 amide bonds. The molecule has 0 bridgehead atoms. The number of aliphatic hydroxyl groups excluding tert-OH is 1. The average Bonchev–Trinajstić information content (AvgIpc) is 2.64. The maximum Gasteiger partial charge on any atom is 0.321 e. The van der Waals surface area contributed by atoms with Crippen molar-refractivity contribution in [3.05, 3.63) is 65.7 Å². The van der Waals surface area contributed by atoms with Crippen molar-refractivity contribution in [2.75, 3.05) is 18.4 Å². The Labute approximate surface area is 145 Å². The molecule has 0 radical (unpaired) electrons. The number of para-hydroxylation sites is 1. The molecule has 2 N–H and O–H groups in total. The van der Waals surface area contributed by atoms with Crippen molar-refractivity contribution in [1.29, 1.82) is 0 Å². The number of likely N-dealkylation sites (tertiary alicyclic amines) is 1. The van der Waals surface area contributed by atoms with Gasteiger partial charge < -0.3 is 15.3 Å². The lowest BCUT2D eigenvalue weighted by Crippen LogP contribution is -2.42. The van der Waals surface area contributed by atoms with Crippen molar-refractivity contribution >= 4 is 11.7 Å². The standard InChI is InChI=1S/C19H20F2N2O2/c20-15-7-5-13(6-8-15)18(24)14-9-11-23(12-10-14)19(25)22-17-4-2-1-3-16(17)21/h1-8,14,18,24H,9-12H2,(H,22,25). The van der Waals surface area contributed by atoms with E-state index in [1.807, 2.05) is 0 Å². The summed E-state index contributed by atoms with van der Waals surface area (Å²) >= 11 is 0. The highest BCUT2D eigenvalue weighted by molar-refractivity contribution is 5.89. The van der Waals surface area contributed by atoms with E-state index >= 15 is 0 Å². The zero-order chi connectivity index (χ0) is 17.8. The first-order valence-electron chi connectivity index (χ1n) is 8.28. The lowest BCUT2D eigenvalue weighted by atomic mass is 9.87. The van der Waals surface area contributed by atoms with Gasteiger partial charge in [0.15, 0.2) is 0 Å². The number of anilines is 1. The van der Waals surface area contributed by atoms with Crippen LogP contribution >= 0.6 is 0 Å². The number of carbonyl (C=O) groups excluding carboxylic acids is 1. The van der Waals surface area contributed by atoms with Gasteiger partial charge in [-0.1, -0.05) is 24.3 Å². The first-order valence-corrected chi connectivity index (χ1v) is 8.28. The molecule has 0 saturated carbocycles. The molecule has 0 spiro atoms. The molecular weight excluding hydrogens is 326 g/mol. The summed E-state index contributed by atoms with van der Waals surface area (Å²) in [6.07, 6.45) is 0.573. The highest BCUT2D eigenvalue weighted by Gasteiger charge is 2.28. The average molecular weight is 346 g/mol. The Hall–Kier alpha value is -2.47. The second-order valence-corrected chi connectivity index (χ2v) is 6.23. The topological polar surface area (TPSA) is 52.6 Å². The van der Waals surface area contributed by atoms with Gasteiger partial charge in [0.25, 0.3) is 0 Å². The highest BCUT2D eigenvalue weighted by atomic mass is 19.1. The van der Waals surface area contributed by atoms with Crippen LogP contribution in [-0.2, 0) is 0 Å². The Morgan fingerprint density at radius 2 is 1.72 bits per heavy atom. The molecule has 1 saturated heterocycles. The normalized spacial score (nSPS) is 16.5. The number of rotatable bonds is 3. The number of aliphatic hydroxyl groups is 1. The Morgan fingerprint density at radius 3 is 2.36 bits per heavy atom. The molecule has 1 aliphatic heterocycles. The Kier molecular flexibility index (Phi) is 5.28. The van der Waals surface area contributed by atoms with Gasteiger partial charge in [-0.15, -0.1) is 0 Å². The first-order chi connectivity index (χ1) is 12.0. The second kappa shape index (κ2) is 7.61. The van der Waals surface area contributed by atoms with Crippen molar-refractivity contribution in [3.8, 4) is 0 Å². The van der Waals surface area contributed by atoms with Crippen LogP contribution in [0, 0.1) is 17.6 Å². The summed E-state index contributed by atoms with van der Waals surface area (Å²) in [5.74, 6) is -0.809. The van der Waals surface area contributed by atoms with Gasteiger partial charge in [0, 0.05) is 13.1 Å². The summed E-state index contributed by atoms with van der Waals surface area (Å²) in [5.41, 5.74) is 0.830. The molecule has 6 heteroatoms. The molecule has 2 aromatic rings. The quantitative estimate of drug-likeness (QED) is 0.884. The number of halogens is 2. The van der Waals surface area contributed by atoms with Crippen molar-refractivity contribution in [2.45, 2.75) is 18.9 Å². The van der Waals surface area contributed by atoms with Crippen LogP contribution in [0.2, 0.25) is 0 Å². The van der Waals surface area contributed by atoms with Crippen LogP contribution in [0.3, 0.4) is 0 Å². The minimum absolute atomic E-state index is 0.00275. The van der Waals surface area contributed by atoms with Gasteiger partial charge in [-0.05, 0) is 48.6 Å². The van der Waals surface area contributed by atoms with Crippen LogP contribution in [0.15, 0.2) is 48.5 Å². The minimum atomic E-state index is -0.683. The van der Waals surface area contributed by atoms with Gasteiger partial charge in [0.05, 0.1) is 11.8 Å². The van der Waals surface area contributed by atoms with Gasteiger partial charge in [0.2, 0.25) is 0 Å². The summed E-state index contributed by atoms with van der Waals surface area (Å²) in [6, 6.07) is 11.5. The minimum Gasteiger partial charge on any atom is -0.388 e. The van der Waals surface area contributed by atoms with E-state index in [2.05, 4.69) is 5.32 Å². The number of urea groups is 1. The fourth-order valence-electron chi connectivity index (χ4n) is 3.11. The zero-order valence-electron chi connectivity index (χ0n) is 13.7. The molecule has 3 rings (SSSR count). The fourth-order valence-corrected chi connectivity index (χ4v) is 3.11. The third-order valence-electron chi connectivity index (χ3n) is 4.60. The lowest BCUT2D eigenvalue weighted by molar-refractivity contribution is 0.0682. The van der Waals surface area contributed by atoms with Gasteiger partial charge in [-0.25, -0.2) is 13.6 Å². The number of nitrogens with zero attached hydrogens (tertiary/aromatic N) is 1. The molecule has 1 fully saturated rings.